The monoisotopic (exact) mass is 307 g/mol. The van der Waals surface area contributed by atoms with E-state index in [0.717, 1.165) is 21.5 Å². The molecule has 0 spiro atoms. The van der Waals surface area contributed by atoms with Gasteiger partial charge in [-0.25, -0.2) is 4.98 Å². The van der Waals surface area contributed by atoms with E-state index in [1.54, 1.807) is 12.4 Å². The summed E-state index contributed by atoms with van der Waals surface area (Å²) in [6.07, 6.45) is 3.41. The lowest BCUT2D eigenvalue weighted by Gasteiger charge is -2.06. The predicted octanol–water partition coefficient (Wildman–Crippen LogP) is 3.00. The van der Waals surface area contributed by atoms with Gasteiger partial charge in [-0.05, 0) is 11.6 Å². The largest absolute Gasteiger partial charge is 0.372 e. The molecule has 94 valence electrons. The highest BCUT2D eigenvalue weighted by Crippen LogP contribution is 2.17. The minimum atomic E-state index is 0.457. The maximum absolute atomic E-state index is 5.61. The van der Waals surface area contributed by atoms with Crippen LogP contribution >= 0.6 is 15.9 Å². The molecule has 2 rings (SSSR count). The molecule has 0 saturated heterocycles. The third-order valence-electron chi connectivity index (χ3n) is 2.43. The van der Waals surface area contributed by atoms with Crippen LogP contribution in [0.2, 0.25) is 0 Å². The molecule has 0 aliphatic rings. The summed E-state index contributed by atoms with van der Waals surface area (Å²) < 4.78 is 6.66. The maximum atomic E-state index is 5.61. The van der Waals surface area contributed by atoms with Crippen LogP contribution in [0.1, 0.15) is 11.3 Å². The molecule has 1 aromatic heterocycles. The number of nitrogens with one attached hydrogen (secondary N) is 1. The van der Waals surface area contributed by atoms with Crippen LogP contribution in [-0.2, 0) is 18.0 Å². The van der Waals surface area contributed by atoms with Crippen molar-refractivity contribution in [1.29, 1.82) is 0 Å². The lowest BCUT2D eigenvalue weighted by molar-refractivity contribution is 0.104. The van der Waals surface area contributed by atoms with Gasteiger partial charge in [0.1, 0.15) is 5.82 Å². The van der Waals surface area contributed by atoms with Crippen LogP contribution < -0.4 is 5.32 Å². The summed E-state index contributed by atoms with van der Waals surface area (Å²) >= 11 is 3.49. The van der Waals surface area contributed by atoms with Gasteiger partial charge < -0.3 is 10.1 Å². The van der Waals surface area contributed by atoms with E-state index in [9.17, 15) is 0 Å². The molecule has 0 unspecified atom stereocenters. The average Bonchev–Trinajstić information content (AvgIpc) is 2.42. The zero-order valence-corrected chi connectivity index (χ0v) is 11.6. The Balaban J connectivity index is 1.86. The first-order valence-corrected chi connectivity index (χ1v) is 6.38. The molecule has 0 aliphatic carbocycles. The van der Waals surface area contributed by atoms with E-state index >= 15 is 0 Å². The van der Waals surface area contributed by atoms with Crippen molar-refractivity contribution in [3.8, 4) is 0 Å². The van der Waals surface area contributed by atoms with Crippen LogP contribution in [0.4, 0.5) is 5.82 Å². The van der Waals surface area contributed by atoms with E-state index in [0.29, 0.717) is 13.2 Å². The molecule has 0 saturated carbocycles. The van der Waals surface area contributed by atoms with Crippen molar-refractivity contribution in [3.05, 3.63) is 52.4 Å². The zero-order chi connectivity index (χ0) is 12.8. The second-order valence-corrected chi connectivity index (χ2v) is 4.58. The molecule has 0 bridgehead atoms. The van der Waals surface area contributed by atoms with E-state index in [4.69, 9.17) is 4.74 Å². The summed E-state index contributed by atoms with van der Waals surface area (Å²) in [5, 5.41) is 2.92. The molecule has 1 aromatic carbocycles. The highest BCUT2D eigenvalue weighted by molar-refractivity contribution is 9.10. The summed E-state index contributed by atoms with van der Waals surface area (Å²) in [6, 6.07) is 8.00. The van der Waals surface area contributed by atoms with Crippen LogP contribution in [-0.4, -0.2) is 17.0 Å². The summed E-state index contributed by atoms with van der Waals surface area (Å²) in [6.45, 7) is 1.01. The number of benzene rings is 1. The van der Waals surface area contributed by atoms with Gasteiger partial charge in [-0.15, -0.1) is 0 Å². The summed E-state index contributed by atoms with van der Waals surface area (Å²) in [5.41, 5.74) is 1.94. The van der Waals surface area contributed by atoms with E-state index in [1.807, 2.05) is 31.3 Å². The molecule has 1 heterocycles. The van der Waals surface area contributed by atoms with Crippen molar-refractivity contribution >= 4 is 21.7 Å². The van der Waals surface area contributed by atoms with Gasteiger partial charge in [0.15, 0.2) is 0 Å². The molecule has 18 heavy (non-hydrogen) atoms. The fourth-order valence-corrected chi connectivity index (χ4v) is 1.84. The average molecular weight is 308 g/mol. The van der Waals surface area contributed by atoms with Gasteiger partial charge >= 0.3 is 0 Å². The van der Waals surface area contributed by atoms with Crippen molar-refractivity contribution in [2.75, 3.05) is 12.4 Å². The Labute approximate surface area is 115 Å². The van der Waals surface area contributed by atoms with Gasteiger partial charge in [-0.1, -0.05) is 34.1 Å². The normalized spacial score (nSPS) is 10.3. The van der Waals surface area contributed by atoms with Gasteiger partial charge in [0, 0.05) is 11.5 Å². The predicted molar refractivity (Wildman–Crippen MR) is 74.2 cm³/mol. The molecule has 0 aliphatic heterocycles. The first-order valence-electron chi connectivity index (χ1n) is 5.59. The molecule has 4 nitrogen and oxygen atoms in total. The minimum Gasteiger partial charge on any atom is -0.372 e. The Kier molecular flexibility index (Phi) is 4.66. The third-order valence-corrected chi connectivity index (χ3v) is 3.20. The summed E-state index contributed by atoms with van der Waals surface area (Å²) in [5.74, 6) is 0.754. The fourth-order valence-electron chi connectivity index (χ4n) is 1.44. The Hall–Kier alpha value is -1.46. The first kappa shape index (κ1) is 13.0. The lowest BCUT2D eigenvalue weighted by Crippen LogP contribution is -2.00. The minimum absolute atomic E-state index is 0.457. The van der Waals surface area contributed by atoms with E-state index in [1.165, 1.54) is 0 Å². The molecule has 5 heteroatoms. The van der Waals surface area contributed by atoms with Crippen molar-refractivity contribution in [3.63, 3.8) is 0 Å². The van der Waals surface area contributed by atoms with Gasteiger partial charge in [0.25, 0.3) is 0 Å². The molecule has 1 N–H and O–H groups in total. The Morgan fingerprint density at radius 2 is 2.00 bits per heavy atom. The van der Waals surface area contributed by atoms with E-state index in [-0.39, 0.29) is 0 Å². The number of aromatic nitrogens is 2. The van der Waals surface area contributed by atoms with Crippen LogP contribution in [0.25, 0.3) is 0 Å². The Bertz CT molecular complexity index is 502. The second kappa shape index (κ2) is 6.47. The SMILES string of the molecule is CNc1cnc(COCc2ccccc2Br)cn1. The van der Waals surface area contributed by atoms with Crippen LogP contribution in [0.3, 0.4) is 0 Å². The number of rotatable bonds is 5. The molecular formula is C13H14BrN3O. The van der Waals surface area contributed by atoms with Gasteiger partial charge in [-0.3, -0.25) is 4.98 Å². The number of hydrogen-bond donors (Lipinski definition) is 1. The Morgan fingerprint density at radius 1 is 1.17 bits per heavy atom. The smallest absolute Gasteiger partial charge is 0.144 e. The molecule has 0 atom stereocenters. The first-order chi connectivity index (χ1) is 8.79. The standard InChI is InChI=1S/C13H14BrN3O/c1-15-13-7-16-11(6-17-13)9-18-8-10-4-2-3-5-12(10)14/h2-7H,8-9H2,1H3,(H,15,17). The number of nitrogens with zero attached hydrogens (tertiary/aromatic N) is 2. The van der Waals surface area contributed by atoms with Crippen LogP contribution in [0.5, 0.6) is 0 Å². The van der Waals surface area contributed by atoms with Gasteiger partial charge in [0.2, 0.25) is 0 Å². The summed E-state index contributed by atoms with van der Waals surface area (Å²) in [7, 11) is 1.81. The molecular weight excluding hydrogens is 294 g/mol. The zero-order valence-electron chi connectivity index (χ0n) is 10.1. The van der Waals surface area contributed by atoms with Crippen LogP contribution in [0.15, 0.2) is 41.1 Å². The van der Waals surface area contributed by atoms with Gasteiger partial charge in [-0.2, -0.15) is 0 Å². The van der Waals surface area contributed by atoms with E-state index < -0.39 is 0 Å². The van der Waals surface area contributed by atoms with Crippen LogP contribution in [0, 0.1) is 0 Å². The fraction of sp³-hybridized carbons (Fsp3) is 0.231. The van der Waals surface area contributed by atoms with Crippen molar-refractivity contribution in [2.45, 2.75) is 13.2 Å². The molecule has 0 amide bonds. The van der Waals surface area contributed by atoms with Gasteiger partial charge in [0.05, 0.1) is 31.3 Å². The maximum Gasteiger partial charge on any atom is 0.144 e. The number of hydrogen-bond acceptors (Lipinski definition) is 4. The number of ether oxygens (including phenoxy) is 1. The molecule has 2 aromatic rings. The second-order valence-electron chi connectivity index (χ2n) is 3.73. The number of anilines is 1. The molecule has 0 radical (unpaired) electrons. The third kappa shape index (κ3) is 3.51. The number of halogens is 1. The molecule has 0 fully saturated rings. The van der Waals surface area contributed by atoms with Crippen molar-refractivity contribution in [2.24, 2.45) is 0 Å². The van der Waals surface area contributed by atoms with Crippen molar-refractivity contribution < 1.29 is 4.74 Å². The topological polar surface area (TPSA) is 47.0 Å². The highest BCUT2D eigenvalue weighted by atomic mass is 79.9. The quantitative estimate of drug-likeness (QED) is 0.922. The summed E-state index contributed by atoms with van der Waals surface area (Å²) in [4.78, 5) is 8.42. The van der Waals surface area contributed by atoms with Crippen molar-refractivity contribution in [1.82, 2.24) is 9.97 Å². The lowest BCUT2D eigenvalue weighted by atomic mass is 10.2. The highest BCUT2D eigenvalue weighted by Gasteiger charge is 2.00. The Morgan fingerprint density at radius 3 is 2.67 bits per heavy atom. The van der Waals surface area contributed by atoms with E-state index in [2.05, 4.69) is 31.2 Å².